The van der Waals surface area contributed by atoms with Crippen molar-refractivity contribution in [3.05, 3.63) is 131 Å². The van der Waals surface area contributed by atoms with Gasteiger partial charge in [0.1, 0.15) is 29.1 Å². The maximum atomic E-state index is 11.4. The molecule has 0 bridgehead atoms. The molecule has 0 unspecified atom stereocenters. The number of nitrogens with one attached hydrogen (secondary N) is 1. The number of furan rings is 1. The molecule has 1 saturated heterocycles. The maximum absolute atomic E-state index is 11.4. The highest BCUT2D eigenvalue weighted by Crippen LogP contribution is 2.43. The number of carbonyl (C=O) groups is 1. The third kappa shape index (κ3) is 5.17. The van der Waals surface area contributed by atoms with Gasteiger partial charge in [-0.1, -0.05) is 30.3 Å². The van der Waals surface area contributed by atoms with Gasteiger partial charge in [-0.05, 0) is 104 Å². The molecule has 3 aromatic carbocycles. The van der Waals surface area contributed by atoms with Gasteiger partial charge >= 0.3 is 5.97 Å². The first kappa shape index (κ1) is 26.3. The van der Waals surface area contributed by atoms with E-state index < -0.39 is 5.97 Å². The fraction of sp³-hybridized carbons (Fsp3) is 0.121. The summed E-state index contributed by atoms with van der Waals surface area (Å²) in [6, 6.07) is 29.8. The summed E-state index contributed by atoms with van der Waals surface area (Å²) in [5, 5.41) is 13.4. The zero-order chi connectivity index (χ0) is 28.5. The van der Waals surface area contributed by atoms with Gasteiger partial charge in [0.15, 0.2) is 5.11 Å². The van der Waals surface area contributed by atoms with Gasteiger partial charge in [-0.15, -0.1) is 0 Å². The van der Waals surface area contributed by atoms with E-state index in [0.29, 0.717) is 16.6 Å². The molecule has 2 aromatic heterocycles. The first-order chi connectivity index (χ1) is 19.9. The monoisotopic (exact) mass is 561 g/mol. The molecule has 1 fully saturated rings. The minimum Gasteiger partial charge on any atom is -0.478 e. The van der Waals surface area contributed by atoms with Gasteiger partial charge in [0.05, 0.1) is 17.3 Å². The number of carboxylic acid groups (broad SMARTS) is 1. The lowest BCUT2D eigenvalue weighted by molar-refractivity contribution is 0.0696. The Morgan fingerprint density at radius 3 is 2.44 bits per heavy atom. The Kier molecular flexibility index (Phi) is 6.99. The highest BCUT2D eigenvalue weighted by Gasteiger charge is 2.42. The smallest absolute Gasteiger partial charge is 0.335 e. The third-order valence-electron chi connectivity index (χ3n) is 7.19. The van der Waals surface area contributed by atoms with Crippen LogP contribution in [0.15, 0.2) is 108 Å². The summed E-state index contributed by atoms with van der Waals surface area (Å²) in [7, 11) is 0. The Morgan fingerprint density at radius 2 is 1.73 bits per heavy atom. The van der Waals surface area contributed by atoms with Crippen molar-refractivity contribution in [2.24, 2.45) is 0 Å². The lowest BCUT2D eigenvalue weighted by Crippen LogP contribution is -2.29. The van der Waals surface area contributed by atoms with E-state index in [1.165, 1.54) is 0 Å². The highest BCUT2D eigenvalue weighted by molar-refractivity contribution is 7.80. The number of ether oxygens (including phenoxy) is 1. The van der Waals surface area contributed by atoms with Crippen molar-refractivity contribution in [3.63, 3.8) is 0 Å². The number of aromatic carboxylic acids is 1. The van der Waals surface area contributed by atoms with Crippen molar-refractivity contribution >= 4 is 29.0 Å². The van der Waals surface area contributed by atoms with Gasteiger partial charge in [0.2, 0.25) is 0 Å². The molecule has 6 rings (SSSR count). The SMILES string of the molecule is Cc1ccccc1Oc1ccc(N2C(=S)N[C@@H](c3ccccn3)[C@H]2c2ccc(-c3ccc(C(=O)O)cc3C)o2)cc1. The predicted molar refractivity (Wildman–Crippen MR) is 161 cm³/mol. The average Bonchev–Trinajstić information content (AvgIpc) is 3.59. The van der Waals surface area contributed by atoms with E-state index in [1.807, 2.05) is 97.6 Å². The van der Waals surface area contributed by atoms with Crippen LogP contribution in [0.25, 0.3) is 11.3 Å². The quantitative estimate of drug-likeness (QED) is 0.196. The number of anilines is 1. The first-order valence-electron chi connectivity index (χ1n) is 13.2. The van der Waals surface area contributed by atoms with E-state index in [2.05, 4.69) is 10.3 Å². The molecule has 3 heterocycles. The topological polar surface area (TPSA) is 87.8 Å². The summed E-state index contributed by atoms with van der Waals surface area (Å²) < 4.78 is 12.6. The largest absolute Gasteiger partial charge is 0.478 e. The molecule has 0 radical (unpaired) electrons. The molecule has 1 aliphatic heterocycles. The standard InChI is InChI=1S/C33H27N3O4S/c1-20-7-3-4-9-27(20)39-24-13-11-23(12-14-24)36-31(30(35-33(36)41)26-8-5-6-18-34-26)29-17-16-28(40-29)25-15-10-22(32(37)38)19-21(25)2/h3-19,30-31H,1-2H3,(H,35,41)(H,37,38)/t30-,31+/m0/s1. The Labute approximate surface area is 243 Å². The molecule has 2 atom stereocenters. The van der Waals surface area contributed by atoms with Crippen molar-refractivity contribution in [1.82, 2.24) is 10.3 Å². The summed E-state index contributed by atoms with van der Waals surface area (Å²) in [5.41, 5.74) is 4.65. The Bertz CT molecular complexity index is 1730. The van der Waals surface area contributed by atoms with Crippen molar-refractivity contribution < 1.29 is 19.1 Å². The van der Waals surface area contributed by atoms with Gasteiger partial charge in [-0.3, -0.25) is 4.98 Å². The maximum Gasteiger partial charge on any atom is 0.335 e. The van der Waals surface area contributed by atoms with E-state index in [0.717, 1.165) is 39.6 Å². The molecule has 7 nitrogen and oxygen atoms in total. The second-order valence-corrected chi connectivity index (χ2v) is 10.3. The number of thiocarbonyl (C=S) groups is 1. The molecule has 8 heteroatoms. The summed E-state index contributed by atoms with van der Waals surface area (Å²) >= 11 is 5.85. The molecule has 5 aromatic rings. The van der Waals surface area contributed by atoms with Crippen LogP contribution in [0.5, 0.6) is 11.5 Å². The lowest BCUT2D eigenvalue weighted by atomic mass is 10.0. The normalized spacial score (nSPS) is 16.4. The number of benzene rings is 3. The van der Waals surface area contributed by atoms with Crippen LogP contribution in [0.4, 0.5) is 5.69 Å². The number of para-hydroxylation sites is 1. The summed E-state index contributed by atoms with van der Waals surface area (Å²) in [5.74, 6) is 1.91. The Balaban J connectivity index is 1.36. The number of aryl methyl sites for hydroxylation is 2. The minimum absolute atomic E-state index is 0.236. The van der Waals surface area contributed by atoms with E-state index in [9.17, 15) is 9.90 Å². The number of hydrogen-bond donors (Lipinski definition) is 2. The summed E-state index contributed by atoms with van der Waals surface area (Å²) in [6.07, 6.45) is 1.76. The second kappa shape index (κ2) is 10.9. The molecule has 204 valence electrons. The molecular formula is C33H27N3O4S. The van der Waals surface area contributed by atoms with Crippen molar-refractivity contribution in [1.29, 1.82) is 0 Å². The number of aromatic nitrogens is 1. The van der Waals surface area contributed by atoms with Crippen LogP contribution in [0, 0.1) is 13.8 Å². The number of rotatable bonds is 7. The van der Waals surface area contributed by atoms with Crippen molar-refractivity contribution in [3.8, 4) is 22.8 Å². The summed E-state index contributed by atoms with van der Waals surface area (Å²) in [4.78, 5) is 18.1. The first-order valence-corrected chi connectivity index (χ1v) is 13.6. The van der Waals surface area contributed by atoms with Crippen molar-refractivity contribution in [2.45, 2.75) is 25.9 Å². The molecular weight excluding hydrogens is 534 g/mol. The number of hydrogen-bond acceptors (Lipinski definition) is 5. The molecule has 0 saturated carbocycles. The molecule has 41 heavy (non-hydrogen) atoms. The van der Waals surface area contributed by atoms with Gasteiger partial charge in [-0.25, -0.2) is 4.79 Å². The van der Waals surface area contributed by atoms with Crippen LogP contribution >= 0.6 is 12.2 Å². The van der Waals surface area contributed by atoms with Crippen LogP contribution in [-0.4, -0.2) is 21.2 Å². The molecule has 1 aliphatic rings. The van der Waals surface area contributed by atoms with Gasteiger partial charge < -0.3 is 24.5 Å². The van der Waals surface area contributed by atoms with E-state index in [1.54, 1.807) is 24.4 Å². The van der Waals surface area contributed by atoms with Gasteiger partial charge in [0.25, 0.3) is 0 Å². The summed E-state index contributed by atoms with van der Waals surface area (Å²) in [6.45, 7) is 3.89. The highest BCUT2D eigenvalue weighted by atomic mass is 32.1. The number of carboxylic acids is 1. The molecule has 0 amide bonds. The van der Waals surface area contributed by atoms with Crippen molar-refractivity contribution in [2.75, 3.05) is 4.90 Å². The van der Waals surface area contributed by atoms with Crippen LogP contribution < -0.4 is 15.0 Å². The van der Waals surface area contributed by atoms with Crippen LogP contribution in [0.2, 0.25) is 0 Å². The van der Waals surface area contributed by atoms with Gasteiger partial charge in [0, 0.05) is 17.4 Å². The number of nitrogens with zero attached hydrogens (tertiary/aromatic N) is 2. The zero-order valence-corrected chi connectivity index (χ0v) is 23.3. The predicted octanol–water partition coefficient (Wildman–Crippen LogP) is 7.63. The number of pyridine rings is 1. The molecule has 0 spiro atoms. The minimum atomic E-state index is -0.963. The van der Waals surface area contributed by atoms with E-state index >= 15 is 0 Å². The Hall–Kier alpha value is -4.95. The average molecular weight is 562 g/mol. The van der Waals surface area contributed by atoms with Crippen LogP contribution in [-0.2, 0) is 0 Å². The van der Waals surface area contributed by atoms with Crippen LogP contribution in [0.3, 0.4) is 0 Å². The molecule has 0 aliphatic carbocycles. The second-order valence-electron chi connectivity index (χ2n) is 9.89. The van der Waals surface area contributed by atoms with Gasteiger partial charge in [-0.2, -0.15) is 0 Å². The molecule has 2 N–H and O–H groups in total. The fourth-order valence-electron chi connectivity index (χ4n) is 5.12. The van der Waals surface area contributed by atoms with E-state index in [4.69, 9.17) is 21.4 Å². The zero-order valence-electron chi connectivity index (χ0n) is 22.4. The Morgan fingerprint density at radius 1 is 0.951 bits per heavy atom. The van der Waals surface area contributed by atoms with Crippen LogP contribution in [0.1, 0.15) is 45.0 Å². The third-order valence-corrected chi connectivity index (χ3v) is 7.51. The lowest BCUT2D eigenvalue weighted by Gasteiger charge is -2.26. The van der Waals surface area contributed by atoms with E-state index in [-0.39, 0.29) is 17.6 Å². The fourth-order valence-corrected chi connectivity index (χ4v) is 5.47.